The number of nitrogens with one attached hydrogen (secondary N) is 1. The zero-order chi connectivity index (χ0) is 15.2. The lowest BCUT2D eigenvalue weighted by Crippen LogP contribution is -2.34. The summed E-state index contributed by atoms with van der Waals surface area (Å²) in [5.41, 5.74) is 0.0826. The Morgan fingerprint density at radius 2 is 2.10 bits per heavy atom. The Hall–Kier alpha value is -1.43. The fraction of sp³-hybridized carbons (Fsp3) is 0.667. The molecule has 2 rings (SSSR count). The van der Waals surface area contributed by atoms with Crippen LogP contribution in [0.15, 0.2) is 5.38 Å². The zero-order valence-electron chi connectivity index (χ0n) is 12.3. The minimum absolute atomic E-state index is 0.0826. The first kappa shape index (κ1) is 15.9. The molecule has 6 heteroatoms. The maximum Gasteiger partial charge on any atom is 0.355 e. The number of carboxylic acid groups (broad SMARTS) is 1. The molecular weight excluding hydrogens is 288 g/mol. The molecule has 0 saturated heterocycles. The Morgan fingerprint density at radius 1 is 1.38 bits per heavy atom. The fourth-order valence-corrected chi connectivity index (χ4v) is 3.57. The van der Waals surface area contributed by atoms with Crippen molar-refractivity contribution in [2.24, 2.45) is 11.8 Å². The molecule has 0 aliphatic heterocycles. The molecule has 116 valence electrons. The van der Waals surface area contributed by atoms with E-state index in [-0.39, 0.29) is 17.5 Å². The summed E-state index contributed by atoms with van der Waals surface area (Å²) in [4.78, 5) is 26.8. The Balaban J connectivity index is 1.70. The summed E-state index contributed by atoms with van der Waals surface area (Å²) >= 11 is 1.33. The van der Waals surface area contributed by atoms with Crippen LogP contribution in [-0.2, 0) is 11.2 Å². The number of hydrogen-bond acceptors (Lipinski definition) is 4. The summed E-state index contributed by atoms with van der Waals surface area (Å²) in [6.07, 6.45) is 6.10. The molecule has 1 aromatic heterocycles. The van der Waals surface area contributed by atoms with E-state index in [0.29, 0.717) is 13.0 Å². The van der Waals surface area contributed by atoms with Crippen molar-refractivity contribution in [1.82, 2.24) is 10.3 Å². The third-order valence-corrected chi connectivity index (χ3v) is 5.11. The van der Waals surface area contributed by atoms with Gasteiger partial charge in [-0.25, -0.2) is 9.78 Å². The number of carbonyl (C=O) groups excluding carboxylic acids is 1. The van der Waals surface area contributed by atoms with Crippen LogP contribution in [0.25, 0.3) is 0 Å². The number of carbonyl (C=O) groups is 2. The lowest BCUT2D eigenvalue weighted by molar-refractivity contribution is -0.126. The van der Waals surface area contributed by atoms with Gasteiger partial charge in [-0.3, -0.25) is 4.79 Å². The highest BCUT2D eigenvalue weighted by Gasteiger charge is 2.25. The number of aromatic carboxylic acids is 1. The van der Waals surface area contributed by atoms with Gasteiger partial charge < -0.3 is 10.4 Å². The predicted octanol–water partition coefficient (Wildman–Crippen LogP) is 2.72. The van der Waals surface area contributed by atoms with Gasteiger partial charge in [-0.05, 0) is 31.6 Å². The number of amides is 1. The average Bonchev–Trinajstić information content (AvgIpc) is 2.96. The van der Waals surface area contributed by atoms with E-state index >= 15 is 0 Å². The Labute approximate surface area is 128 Å². The molecule has 0 unspecified atom stereocenters. The van der Waals surface area contributed by atoms with Gasteiger partial charge in [0.15, 0.2) is 5.69 Å². The van der Waals surface area contributed by atoms with Gasteiger partial charge in [0.05, 0.1) is 5.01 Å². The van der Waals surface area contributed by atoms with Crippen molar-refractivity contribution < 1.29 is 14.7 Å². The van der Waals surface area contributed by atoms with Crippen molar-refractivity contribution in [2.75, 3.05) is 6.54 Å². The average molecular weight is 310 g/mol. The van der Waals surface area contributed by atoms with Crippen molar-refractivity contribution in [3.8, 4) is 0 Å². The molecule has 1 fully saturated rings. The molecule has 0 aromatic carbocycles. The second-order valence-electron chi connectivity index (χ2n) is 5.60. The van der Waals surface area contributed by atoms with Crippen LogP contribution in [0.5, 0.6) is 0 Å². The van der Waals surface area contributed by atoms with Crippen molar-refractivity contribution in [2.45, 2.75) is 45.4 Å². The number of thiazole rings is 1. The van der Waals surface area contributed by atoms with Crippen molar-refractivity contribution in [1.29, 1.82) is 0 Å². The second kappa shape index (κ2) is 7.54. The van der Waals surface area contributed by atoms with Gasteiger partial charge in [-0.2, -0.15) is 0 Å². The minimum atomic E-state index is -1.01. The summed E-state index contributed by atoms with van der Waals surface area (Å²) < 4.78 is 0. The standard InChI is InChI=1S/C15H22N2O3S/c1-2-10-3-5-11(6-4-10)14(18)16-8-7-13-17-12(9-21-13)15(19)20/h9-11H,2-8H2,1H3,(H,16,18)(H,19,20). The lowest BCUT2D eigenvalue weighted by atomic mass is 9.80. The van der Waals surface area contributed by atoms with E-state index in [0.717, 1.165) is 36.6 Å². The maximum atomic E-state index is 12.1. The van der Waals surface area contributed by atoms with Crippen LogP contribution in [0.4, 0.5) is 0 Å². The van der Waals surface area contributed by atoms with Gasteiger partial charge in [-0.15, -0.1) is 11.3 Å². The van der Waals surface area contributed by atoms with E-state index in [4.69, 9.17) is 5.11 Å². The smallest absolute Gasteiger partial charge is 0.355 e. The van der Waals surface area contributed by atoms with E-state index in [1.807, 2.05) is 0 Å². The third-order valence-electron chi connectivity index (χ3n) is 4.20. The largest absolute Gasteiger partial charge is 0.476 e. The molecule has 1 aliphatic rings. The highest BCUT2D eigenvalue weighted by Crippen LogP contribution is 2.30. The number of carboxylic acids is 1. The normalized spacial score (nSPS) is 22.0. The van der Waals surface area contributed by atoms with Gasteiger partial charge >= 0.3 is 5.97 Å². The van der Waals surface area contributed by atoms with Crippen molar-refractivity contribution in [3.63, 3.8) is 0 Å². The monoisotopic (exact) mass is 310 g/mol. The number of nitrogens with zero attached hydrogens (tertiary/aromatic N) is 1. The molecule has 1 aromatic rings. The zero-order valence-corrected chi connectivity index (χ0v) is 13.1. The molecule has 0 atom stereocenters. The molecule has 21 heavy (non-hydrogen) atoms. The quantitative estimate of drug-likeness (QED) is 0.846. The second-order valence-corrected chi connectivity index (χ2v) is 6.54. The number of rotatable bonds is 6. The lowest BCUT2D eigenvalue weighted by Gasteiger charge is -2.26. The van der Waals surface area contributed by atoms with Gasteiger partial charge in [0.25, 0.3) is 0 Å². The molecule has 2 N–H and O–H groups in total. The molecule has 0 bridgehead atoms. The Bertz CT molecular complexity index is 493. The van der Waals surface area contributed by atoms with Crippen molar-refractivity contribution >= 4 is 23.2 Å². The van der Waals surface area contributed by atoms with E-state index in [2.05, 4.69) is 17.2 Å². The van der Waals surface area contributed by atoms with E-state index in [9.17, 15) is 9.59 Å². The summed E-state index contributed by atoms with van der Waals surface area (Å²) in [7, 11) is 0. The van der Waals surface area contributed by atoms with Crippen LogP contribution in [0.2, 0.25) is 0 Å². The summed E-state index contributed by atoms with van der Waals surface area (Å²) in [6.45, 7) is 2.74. The van der Waals surface area contributed by atoms with Crippen LogP contribution in [0.1, 0.15) is 54.5 Å². The molecular formula is C15H22N2O3S. The first-order chi connectivity index (χ1) is 10.1. The minimum Gasteiger partial charge on any atom is -0.476 e. The first-order valence-corrected chi connectivity index (χ1v) is 8.43. The third kappa shape index (κ3) is 4.52. The van der Waals surface area contributed by atoms with Crippen LogP contribution >= 0.6 is 11.3 Å². The topological polar surface area (TPSA) is 79.3 Å². The van der Waals surface area contributed by atoms with Crippen LogP contribution < -0.4 is 5.32 Å². The summed E-state index contributed by atoms with van der Waals surface area (Å²) in [5.74, 6) is 0.0753. The number of aromatic nitrogens is 1. The number of hydrogen-bond donors (Lipinski definition) is 2. The predicted molar refractivity (Wildman–Crippen MR) is 81.5 cm³/mol. The van der Waals surface area contributed by atoms with Crippen molar-refractivity contribution in [3.05, 3.63) is 16.1 Å². The first-order valence-electron chi connectivity index (χ1n) is 7.55. The van der Waals surface area contributed by atoms with Gasteiger partial charge in [0, 0.05) is 24.3 Å². The molecule has 0 radical (unpaired) electrons. The SMILES string of the molecule is CCC1CCC(C(=O)NCCc2nc(C(=O)O)cs2)CC1. The van der Waals surface area contributed by atoms with E-state index < -0.39 is 5.97 Å². The summed E-state index contributed by atoms with van der Waals surface area (Å²) in [5, 5.41) is 14.0. The molecule has 1 aliphatic carbocycles. The van der Waals surface area contributed by atoms with Gasteiger partial charge in [-0.1, -0.05) is 13.3 Å². The molecule has 0 spiro atoms. The Kier molecular flexibility index (Phi) is 5.73. The summed E-state index contributed by atoms with van der Waals surface area (Å²) in [6, 6.07) is 0. The molecule has 1 saturated carbocycles. The van der Waals surface area contributed by atoms with Gasteiger partial charge in [0.2, 0.25) is 5.91 Å². The fourth-order valence-electron chi connectivity index (χ4n) is 2.79. The highest BCUT2D eigenvalue weighted by molar-refractivity contribution is 7.09. The van der Waals surface area contributed by atoms with Crippen LogP contribution in [0.3, 0.4) is 0 Å². The molecule has 1 heterocycles. The molecule has 5 nitrogen and oxygen atoms in total. The van der Waals surface area contributed by atoms with E-state index in [1.165, 1.54) is 23.1 Å². The van der Waals surface area contributed by atoms with Gasteiger partial charge in [0.1, 0.15) is 0 Å². The highest BCUT2D eigenvalue weighted by atomic mass is 32.1. The maximum absolute atomic E-state index is 12.1. The van der Waals surface area contributed by atoms with Crippen LogP contribution in [-0.4, -0.2) is 28.5 Å². The van der Waals surface area contributed by atoms with E-state index in [1.54, 1.807) is 0 Å². The Morgan fingerprint density at radius 3 is 2.67 bits per heavy atom. The van der Waals surface area contributed by atoms with Crippen LogP contribution in [0, 0.1) is 11.8 Å². The molecule has 1 amide bonds.